The van der Waals surface area contributed by atoms with E-state index >= 15 is 0 Å². The third-order valence-corrected chi connectivity index (χ3v) is 3.30. The van der Waals surface area contributed by atoms with Crippen molar-refractivity contribution in [1.29, 1.82) is 0 Å². The first kappa shape index (κ1) is 16.1. The molecule has 3 aromatic rings. The number of halogens is 1. The Bertz CT molecular complexity index is 762. The summed E-state index contributed by atoms with van der Waals surface area (Å²) in [5.41, 5.74) is 10.1. The molecule has 5 nitrogen and oxygen atoms in total. The number of nitrogens with zero attached hydrogens (tertiary/aromatic N) is 3. The van der Waals surface area contributed by atoms with Crippen molar-refractivity contribution >= 4 is 23.4 Å². The fraction of sp³-hybridized carbons (Fsp3) is 0.188. The van der Waals surface area contributed by atoms with Crippen molar-refractivity contribution in [1.82, 2.24) is 15.0 Å². The van der Waals surface area contributed by atoms with Gasteiger partial charge in [0.05, 0.1) is 18.3 Å². The van der Waals surface area contributed by atoms with Crippen molar-refractivity contribution in [3.63, 3.8) is 0 Å². The van der Waals surface area contributed by atoms with Crippen LogP contribution < -0.4 is 10.5 Å². The molecular formula is C16H17ClN4O. The molecule has 0 aromatic carbocycles. The molecule has 0 aliphatic carbocycles. The van der Waals surface area contributed by atoms with E-state index in [4.69, 9.17) is 10.5 Å². The van der Waals surface area contributed by atoms with E-state index in [0.717, 1.165) is 34.3 Å². The van der Waals surface area contributed by atoms with Crippen molar-refractivity contribution < 1.29 is 4.74 Å². The molecule has 0 amide bonds. The van der Waals surface area contributed by atoms with Crippen molar-refractivity contribution in [2.24, 2.45) is 5.73 Å². The highest BCUT2D eigenvalue weighted by Gasteiger charge is 2.08. The number of rotatable bonds is 4. The van der Waals surface area contributed by atoms with Crippen LogP contribution in [0.3, 0.4) is 0 Å². The molecule has 3 rings (SSSR count). The van der Waals surface area contributed by atoms with Gasteiger partial charge in [-0.1, -0.05) is 6.07 Å². The standard InChI is InChI=1S/C16H16N4O.ClH/c1-21-15-5-4-14-16(20-15)12(7-9-18-14)13-3-2-11(6-8-17)10-19-13;/h2-5,7,9-10H,6,8,17H2,1H3;1H. The first-order valence-corrected chi connectivity index (χ1v) is 6.77. The molecule has 22 heavy (non-hydrogen) atoms. The molecule has 2 N–H and O–H groups in total. The molecular weight excluding hydrogens is 300 g/mol. The van der Waals surface area contributed by atoms with Crippen molar-refractivity contribution in [2.45, 2.75) is 6.42 Å². The van der Waals surface area contributed by atoms with E-state index in [1.54, 1.807) is 19.4 Å². The van der Waals surface area contributed by atoms with Crippen LogP contribution in [0.4, 0.5) is 0 Å². The lowest BCUT2D eigenvalue weighted by Gasteiger charge is -2.07. The highest BCUT2D eigenvalue weighted by atomic mass is 35.5. The Labute approximate surface area is 135 Å². The minimum atomic E-state index is 0. The monoisotopic (exact) mass is 316 g/mol. The molecule has 0 aliphatic rings. The summed E-state index contributed by atoms with van der Waals surface area (Å²) < 4.78 is 5.19. The van der Waals surface area contributed by atoms with Crippen LogP contribution in [0.1, 0.15) is 5.56 Å². The Morgan fingerprint density at radius 2 is 1.95 bits per heavy atom. The van der Waals surface area contributed by atoms with Gasteiger partial charge in [-0.25, -0.2) is 4.98 Å². The number of hydrogen-bond donors (Lipinski definition) is 1. The highest BCUT2D eigenvalue weighted by Crippen LogP contribution is 2.26. The van der Waals surface area contributed by atoms with Crippen LogP contribution in [0.25, 0.3) is 22.3 Å². The molecule has 0 saturated carbocycles. The Morgan fingerprint density at radius 1 is 1.09 bits per heavy atom. The molecule has 114 valence electrons. The quantitative estimate of drug-likeness (QED) is 0.801. The molecule has 0 fully saturated rings. The summed E-state index contributed by atoms with van der Waals surface area (Å²) in [7, 11) is 1.60. The molecule has 6 heteroatoms. The van der Waals surface area contributed by atoms with Crippen LogP contribution in [0, 0.1) is 0 Å². The van der Waals surface area contributed by atoms with E-state index in [9.17, 15) is 0 Å². The summed E-state index contributed by atoms with van der Waals surface area (Å²) in [5, 5.41) is 0. The maximum Gasteiger partial charge on any atom is 0.213 e. The van der Waals surface area contributed by atoms with Gasteiger partial charge in [-0.3, -0.25) is 9.97 Å². The lowest BCUT2D eigenvalue weighted by Crippen LogP contribution is -2.03. The summed E-state index contributed by atoms with van der Waals surface area (Å²) in [5.74, 6) is 0.566. The number of nitrogens with two attached hydrogens (primary N) is 1. The van der Waals surface area contributed by atoms with Crippen molar-refractivity contribution in [2.75, 3.05) is 13.7 Å². The number of methoxy groups -OCH3 is 1. The Balaban J connectivity index is 0.00000176. The topological polar surface area (TPSA) is 73.9 Å². The van der Waals surface area contributed by atoms with Crippen molar-refractivity contribution in [3.05, 3.63) is 48.3 Å². The second-order valence-electron chi connectivity index (χ2n) is 4.67. The Kier molecular flexibility index (Phi) is 5.25. The average molecular weight is 317 g/mol. The fourth-order valence-electron chi connectivity index (χ4n) is 2.23. The zero-order valence-corrected chi connectivity index (χ0v) is 13.0. The zero-order chi connectivity index (χ0) is 14.7. The van der Waals surface area contributed by atoms with E-state index < -0.39 is 0 Å². The van der Waals surface area contributed by atoms with E-state index in [2.05, 4.69) is 15.0 Å². The van der Waals surface area contributed by atoms with Crippen LogP contribution in [0.15, 0.2) is 42.7 Å². The molecule has 3 heterocycles. The molecule has 0 atom stereocenters. The molecule has 0 radical (unpaired) electrons. The summed E-state index contributed by atoms with van der Waals surface area (Å²) in [6.07, 6.45) is 4.45. The molecule has 0 bridgehead atoms. The summed E-state index contributed by atoms with van der Waals surface area (Å²) in [4.78, 5) is 13.3. The SMILES string of the molecule is COc1ccc2nccc(-c3ccc(CCN)cn3)c2n1.Cl. The molecule has 0 saturated heterocycles. The molecule has 0 aliphatic heterocycles. The van der Waals surface area contributed by atoms with Gasteiger partial charge in [-0.15, -0.1) is 12.4 Å². The normalized spacial score (nSPS) is 10.3. The van der Waals surface area contributed by atoms with E-state index in [1.807, 2.05) is 30.5 Å². The number of ether oxygens (including phenoxy) is 1. The first-order chi connectivity index (χ1) is 10.3. The van der Waals surface area contributed by atoms with Crippen molar-refractivity contribution in [3.8, 4) is 17.1 Å². The van der Waals surface area contributed by atoms with Gasteiger partial charge in [-0.05, 0) is 36.7 Å². The molecule has 0 unspecified atom stereocenters. The molecule has 0 spiro atoms. The van der Waals surface area contributed by atoms with Gasteiger partial charge < -0.3 is 10.5 Å². The van der Waals surface area contributed by atoms with Gasteiger partial charge in [-0.2, -0.15) is 0 Å². The van der Waals surface area contributed by atoms with Gasteiger partial charge in [0, 0.05) is 24.0 Å². The third-order valence-electron chi connectivity index (χ3n) is 3.30. The molecule has 3 aromatic heterocycles. The largest absolute Gasteiger partial charge is 0.481 e. The zero-order valence-electron chi connectivity index (χ0n) is 12.2. The van der Waals surface area contributed by atoms with E-state index in [1.165, 1.54) is 0 Å². The highest BCUT2D eigenvalue weighted by molar-refractivity contribution is 5.90. The predicted molar refractivity (Wildman–Crippen MR) is 89.3 cm³/mol. The van der Waals surface area contributed by atoms with Crippen LogP contribution in [-0.4, -0.2) is 28.6 Å². The predicted octanol–water partition coefficient (Wildman–Crippen LogP) is 2.62. The number of pyridine rings is 3. The number of aromatic nitrogens is 3. The number of hydrogen-bond acceptors (Lipinski definition) is 5. The van der Waals surface area contributed by atoms with Gasteiger partial charge in [0.2, 0.25) is 5.88 Å². The van der Waals surface area contributed by atoms with E-state index in [-0.39, 0.29) is 12.4 Å². The number of fused-ring (bicyclic) bond motifs is 1. The second-order valence-corrected chi connectivity index (χ2v) is 4.67. The maximum absolute atomic E-state index is 5.56. The van der Waals surface area contributed by atoms with Crippen LogP contribution >= 0.6 is 12.4 Å². The minimum Gasteiger partial charge on any atom is -0.481 e. The summed E-state index contributed by atoms with van der Waals surface area (Å²) >= 11 is 0. The maximum atomic E-state index is 5.56. The second kappa shape index (κ2) is 7.15. The van der Waals surface area contributed by atoms with Gasteiger partial charge in [0.1, 0.15) is 5.52 Å². The van der Waals surface area contributed by atoms with Crippen LogP contribution in [-0.2, 0) is 6.42 Å². The van der Waals surface area contributed by atoms with Crippen LogP contribution in [0.2, 0.25) is 0 Å². The van der Waals surface area contributed by atoms with Gasteiger partial charge >= 0.3 is 0 Å². The van der Waals surface area contributed by atoms with Crippen LogP contribution in [0.5, 0.6) is 5.88 Å². The Morgan fingerprint density at radius 3 is 2.64 bits per heavy atom. The summed E-state index contributed by atoms with van der Waals surface area (Å²) in [6, 6.07) is 9.65. The smallest absolute Gasteiger partial charge is 0.213 e. The third kappa shape index (κ3) is 3.16. The van der Waals surface area contributed by atoms with Gasteiger partial charge in [0.15, 0.2) is 0 Å². The van der Waals surface area contributed by atoms with Gasteiger partial charge in [0.25, 0.3) is 0 Å². The average Bonchev–Trinajstić information content (AvgIpc) is 2.55. The minimum absolute atomic E-state index is 0. The fourth-order valence-corrected chi connectivity index (χ4v) is 2.23. The lowest BCUT2D eigenvalue weighted by molar-refractivity contribution is 0.399. The first-order valence-electron chi connectivity index (χ1n) is 6.77. The Hall–Kier alpha value is -2.24. The summed E-state index contributed by atoms with van der Waals surface area (Å²) in [6.45, 7) is 0.623. The van der Waals surface area contributed by atoms with E-state index in [0.29, 0.717) is 12.4 Å². The lowest BCUT2D eigenvalue weighted by atomic mass is 10.1.